The molecule has 2 N–H and O–H groups in total. The Balaban J connectivity index is 4.30. The zero-order valence-electron chi connectivity index (χ0n) is 26.5. The molecule has 0 aromatic rings. The molecular formula is C33H69NO3. The molecule has 0 radical (unpaired) electrons. The maximum Gasteiger partial charge on any atom is 0.252 e. The van der Waals surface area contributed by atoms with Gasteiger partial charge in [0.1, 0.15) is 6.10 Å². The van der Waals surface area contributed by atoms with Crippen molar-refractivity contribution in [2.24, 2.45) is 23.5 Å². The molecule has 0 rings (SSSR count). The van der Waals surface area contributed by atoms with Crippen LogP contribution in [0.5, 0.6) is 0 Å². The van der Waals surface area contributed by atoms with E-state index in [-0.39, 0.29) is 6.10 Å². The lowest BCUT2D eigenvalue weighted by atomic mass is 10.0. The van der Waals surface area contributed by atoms with Crippen LogP contribution in [0.2, 0.25) is 0 Å². The van der Waals surface area contributed by atoms with Gasteiger partial charge in [-0.1, -0.05) is 138 Å². The van der Waals surface area contributed by atoms with Gasteiger partial charge in [-0.25, -0.2) is 0 Å². The molecule has 0 aromatic heterocycles. The summed E-state index contributed by atoms with van der Waals surface area (Å²) in [5.41, 5.74) is 6.67. The molecular weight excluding hydrogens is 458 g/mol. The van der Waals surface area contributed by atoms with Crippen LogP contribution >= 0.6 is 0 Å². The van der Waals surface area contributed by atoms with Crippen molar-refractivity contribution in [1.82, 2.24) is 0 Å². The monoisotopic (exact) mass is 528 g/mol. The number of nitrogens with two attached hydrogens (primary N) is 1. The molecule has 0 heterocycles. The van der Waals surface area contributed by atoms with Gasteiger partial charge in [0.2, 0.25) is 0 Å². The van der Waals surface area contributed by atoms with Gasteiger partial charge in [-0.05, 0) is 43.9 Å². The van der Waals surface area contributed by atoms with Crippen LogP contribution in [0.3, 0.4) is 0 Å². The van der Waals surface area contributed by atoms with Crippen molar-refractivity contribution in [2.45, 2.75) is 176 Å². The van der Waals surface area contributed by atoms with Crippen LogP contribution in [0.25, 0.3) is 0 Å². The molecule has 0 amide bonds. The zero-order chi connectivity index (χ0) is 27.8. The smallest absolute Gasteiger partial charge is 0.252 e. The van der Waals surface area contributed by atoms with Crippen molar-refractivity contribution in [1.29, 1.82) is 0 Å². The molecule has 1 atom stereocenters. The van der Waals surface area contributed by atoms with Crippen molar-refractivity contribution in [3.8, 4) is 0 Å². The van der Waals surface area contributed by atoms with E-state index in [0.29, 0.717) is 13.2 Å². The van der Waals surface area contributed by atoms with Crippen LogP contribution in [0.15, 0.2) is 0 Å². The van der Waals surface area contributed by atoms with Crippen LogP contribution < -0.4 is 5.73 Å². The molecule has 0 aliphatic carbocycles. The molecule has 0 fully saturated rings. The molecule has 4 heteroatoms. The van der Waals surface area contributed by atoms with Crippen LogP contribution in [0.1, 0.15) is 164 Å². The van der Waals surface area contributed by atoms with E-state index < -0.39 is 5.91 Å². The van der Waals surface area contributed by atoms with E-state index in [1.54, 1.807) is 0 Å². The van der Waals surface area contributed by atoms with E-state index in [1.165, 1.54) is 96.3 Å². The number of hydrogen-bond acceptors (Lipinski definition) is 4. The fourth-order valence-corrected chi connectivity index (χ4v) is 4.67. The van der Waals surface area contributed by atoms with Gasteiger partial charge < -0.3 is 14.2 Å². The van der Waals surface area contributed by atoms with E-state index in [0.717, 1.165) is 43.6 Å². The van der Waals surface area contributed by atoms with Gasteiger partial charge in [0.25, 0.3) is 5.91 Å². The van der Waals surface area contributed by atoms with Crippen LogP contribution in [-0.2, 0) is 14.2 Å². The molecule has 37 heavy (non-hydrogen) atoms. The Hall–Kier alpha value is -0.160. The van der Waals surface area contributed by atoms with Crippen molar-refractivity contribution >= 4 is 0 Å². The van der Waals surface area contributed by atoms with Crippen molar-refractivity contribution in [3.05, 3.63) is 0 Å². The van der Waals surface area contributed by atoms with Gasteiger partial charge >= 0.3 is 0 Å². The minimum absolute atomic E-state index is 0.273. The number of rotatable bonds is 28. The largest absolute Gasteiger partial charge is 0.371 e. The summed E-state index contributed by atoms with van der Waals surface area (Å²) in [7, 11) is 0. The highest BCUT2D eigenvalue weighted by Gasteiger charge is 2.35. The van der Waals surface area contributed by atoms with Gasteiger partial charge in [0.15, 0.2) is 0 Å². The fraction of sp³-hybridized carbons (Fsp3) is 1.00. The second-order valence-electron chi connectivity index (χ2n) is 12.8. The maximum atomic E-state index is 6.67. The third-order valence-corrected chi connectivity index (χ3v) is 7.37. The zero-order valence-corrected chi connectivity index (χ0v) is 26.5. The van der Waals surface area contributed by atoms with Crippen LogP contribution in [0, 0.1) is 17.8 Å². The first-order chi connectivity index (χ1) is 17.7. The predicted molar refractivity (Wildman–Crippen MR) is 162 cm³/mol. The van der Waals surface area contributed by atoms with E-state index >= 15 is 0 Å². The maximum absolute atomic E-state index is 6.67. The lowest BCUT2D eigenvalue weighted by molar-refractivity contribution is -0.286. The van der Waals surface area contributed by atoms with Gasteiger partial charge in [0.05, 0.1) is 13.2 Å². The van der Waals surface area contributed by atoms with E-state index in [2.05, 4.69) is 41.5 Å². The predicted octanol–water partition coefficient (Wildman–Crippen LogP) is 10.0. The van der Waals surface area contributed by atoms with E-state index in [4.69, 9.17) is 19.9 Å². The lowest BCUT2D eigenvalue weighted by Gasteiger charge is -2.35. The Morgan fingerprint density at radius 2 is 0.730 bits per heavy atom. The topological polar surface area (TPSA) is 53.7 Å². The van der Waals surface area contributed by atoms with Crippen molar-refractivity contribution in [3.63, 3.8) is 0 Å². The quantitative estimate of drug-likeness (QED) is 0.0812. The molecule has 224 valence electrons. The SMILES string of the molecule is CC(C)CCCCCCCOC(C)C(N)(OCCCCCCCC(C)C)OCCCCCCCC(C)C. The highest BCUT2D eigenvalue weighted by atomic mass is 16.7. The first-order valence-electron chi connectivity index (χ1n) is 16.4. The molecule has 4 nitrogen and oxygen atoms in total. The van der Waals surface area contributed by atoms with Gasteiger partial charge in [0, 0.05) is 6.61 Å². The molecule has 0 aliphatic heterocycles. The molecule has 0 spiro atoms. The third-order valence-electron chi connectivity index (χ3n) is 7.37. The molecule has 0 saturated carbocycles. The summed E-state index contributed by atoms with van der Waals surface area (Å²) >= 11 is 0. The van der Waals surface area contributed by atoms with Gasteiger partial charge in [-0.2, -0.15) is 0 Å². The third kappa shape index (κ3) is 24.6. The highest BCUT2D eigenvalue weighted by Crippen LogP contribution is 2.19. The highest BCUT2D eigenvalue weighted by molar-refractivity contribution is 4.71. The second-order valence-corrected chi connectivity index (χ2v) is 12.8. The van der Waals surface area contributed by atoms with E-state index in [1.807, 2.05) is 6.92 Å². The Labute approximate surface area is 233 Å². The molecule has 0 bridgehead atoms. The summed E-state index contributed by atoms with van der Waals surface area (Å²) in [4.78, 5) is 0. The molecule has 1 unspecified atom stereocenters. The first-order valence-corrected chi connectivity index (χ1v) is 16.4. The minimum Gasteiger partial charge on any atom is -0.371 e. The normalized spacial score (nSPS) is 13.4. The lowest BCUT2D eigenvalue weighted by Crippen LogP contribution is -2.55. The minimum atomic E-state index is -1.15. The van der Waals surface area contributed by atoms with Crippen molar-refractivity contribution in [2.75, 3.05) is 19.8 Å². The summed E-state index contributed by atoms with van der Waals surface area (Å²) in [5.74, 6) is 1.29. The summed E-state index contributed by atoms with van der Waals surface area (Å²) in [6.07, 6.45) is 22.3. The van der Waals surface area contributed by atoms with Crippen LogP contribution in [0.4, 0.5) is 0 Å². The number of ether oxygens (including phenoxy) is 3. The Bertz CT molecular complexity index is 442. The Morgan fingerprint density at radius 3 is 1.08 bits per heavy atom. The van der Waals surface area contributed by atoms with E-state index in [9.17, 15) is 0 Å². The second kappa shape index (κ2) is 24.9. The van der Waals surface area contributed by atoms with Gasteiger partial charge in [-0.15, -0.1) is 0 Å². The summed E-state index contributed by atoms with van der Waals surface area (Å²) in [6.45, 7) is 17.8. The molecule has 0 aromatic carbocycles. The average Bonchev–Trinajstić information content (AvgIpc) is 2.83. The first kappa shape index (κ1) is 36.8. The Morgan fingerprint density at radius 1 is 0.432 bits per heavy atom. The molecule has 0 aliphatic rings. The summed E-state index contributed by atoms with van der Waals surface area (Å²) < 4.78 is 18.5. The standard InChI is InChI=1S/C33H69NO3/c1-29(2)23-17-11-8-14-20-26-35-32(7)33(34,36-27-21-15-9-12-18-24-30(3)4)37-28-22-16-10-13-19-25-31(5)6/h29-32H,8-28,34H2,1-7H3. The van der Waals surface area contributed by atoms with Crippen molar-refractivity contribution < 1.29 is 14.2 Å². The molecule has 0 saturated heterocycles. The van der Waals surface area contributed by atoms with Crippen LogP contribution in [-0.4, -0.2) is 31.8 Å². The average molecular weight is 528 g/mol. The number of unbranched alkanes of at least 4 members (excludes halogenated alkanes) is 12. The fourth-order valence-electron chi connectivity index (χ4n) is 4.67. The Kier molecular flexibility index (Phi) is 24.7. The van der Waals surface area contributed by atoms with Gasteiger partial charge in [-0.3, -0.25) is 5.73 Å². The summed E-state index contributed by atoms with van der Waals surface area (Å²) in [6, 6.07) is 0. The number of hydrogen-bond donors (Lipinski definition) is 1. The summed E-state index contributed by atoms with van der Waals surface area (Å²) in [5, 5.41) is 0.